The summed E-state index contributed by atoms with van der Waals surface area (Å²) in [5, 5.41) is 3.11. The summed E-state index contributed by atoms with van der Waals surface area (Å²) in [5.41, 5.74) is 8.30. The van der Waals surface area contributed by atoms with Crippen molar-refractivity contribution in [2.24, 2.45) is 5.73 Å². The first kappa shape index (κ1) is 13.1. The maximum absolute atomic E-state index is 11.8. The molecule has 3 atom stereocenters. The van der Waals surface area contributed by atoms with E-state index in [9.17, 15) is 4.79 Å². The third-order valence-corrected chi connectivity index (χ3v) is 3.63. The molecule has 3 heteroatoms. The van der Waals surface area contributed by atoms with Crippen LogP contribution in [0.3, 0.4) is 0 Å². The Morgan fingerprint density at radius 3 is 2.72 bits per heavy atom. The summed E-state index contributed by atoms with van der Waals surface area (Å²) in [4.78, 5) is 11.8. The zero-order chi connectivity index (χ0) is 13.1. The molecule has 0 heterocycles. The molecule has 18 heavy (non-hydrogen) atoms. The second-order valence-electron chi connectivity index (χ2n) is 5.41. The lowest BCUT2D eigenvalue weighted by Crippen LogP contribution is -2.34. The first-order chi connectivity index (χ1) is 8.58. The highest BCUT2D eigenvalue weighted by atomic mass is 16.1. The van der Waals surface area contributed by atoms with Gasteiger partial charge in [0.05, 0.1) is 6.04 Å². The third-order valence-electron chi connectivity index (χ3n) is 3.63. The van der Waals surface area contributed by atoms with Gasteiger partial charge in [-0.1, -0.05) is 31.2 Å². The van der Waals surface area contributed by atoms with Gasteiger partial charge in [-0.25, -0.2) is 0 Å². The van der Waals surface area contributed by atoms with Crippen molar-refractivity contribution in [2.75, 3.05) is 0 Å². The number of hydrogen-bond acceptors (Lipinski definition) is 2. The number of carbonyl (C=O) groups is 1. The summed E-state index contributed by atoms with van der Waals surface area (Å²) in [6, 6.07) is 8.49. The Balaban J connectivity index is 2.12. The predicted molar refractivity (Wildman–Crippen MR) is 73.2 cm³/mol. The number of fused-ring (bicyclic) bond motifs is 1. The van der Waals surface area contributed by atoms with Gasteiger partial charge >= 0.3 is 0 Å². The molecule has 0 bridgehead atoms. The summed E-state index contributed by atoms with van der Waals surface area (Å²) in [6.07, 6.45) is 2.54. The molecule has 1 aliphatic rings. The van der Waals surface area contributed by atoms with E-state index in [-0.39, 0.29) is 18.0 Å². The fraction of sp³-hybridized carbons (Fsp3) is 0.533. The molecule has 0 fully saturated rings. The van der Waals surface area contributed by atoms with Gasteiger partial charge in [-0.15, -0.1) is 0 Å². The molecule has 0 radical (unpaired) electrons. The fourth-order valence-electron chi connectivity index (χ4n) is 2.70. The van der Waals surface area contributed by atoms with Gasteiger partial charge in [-0.3, -0.25) is 4.79 Å². The van der Waals surface area contributed by atoms with Crippen LogP contribution in [0.1, 0.15) is 56.2 Å². The average molecular weight is 246 g/mol. The maximum Gasteiger partial charge on any atom is 0.222 e. The van der Waals surface area contributed by atoms with Crippen LogP contribution < -0.4 is 11.1 Å². The number of benzene rings is 1. The van der Waals surface area contributed by atoms with Gasteiger partial charge < -0.3 is 11.1 Å². The first-order valence-electron chi connectivity index (χ1n) is 6.71. The predicted octanol–water partition coefficient (Wildman–Crippen LogP) is 2.48. The Hall–Kier alpha value is -1.35. The van der Waals surface area contributed by atoms with E-state index >= 15 is 0 Å². The molecule has 0 aromatic heterocycles. The Labute approximate surface area is 109 Å². The monoisotopic (exact) mass is 246 g/mol. The lowest BCUT2D eigenvalue weighted by molar-refractivity contribution is -0.122. The lowest BCUT2D eigenvalue weighted by atomic mass is 9.81. The Morgan fingerprint density at radius 1 is 1.39 bits per heavy atom. The van der Waals surface area contributed by atoms with Crippen LogP contribution in [-0.2, 0) is 4.79 Å². The minimum Gasteiger partial charge on any atom is -0.349 e. The molecule has 0 aliphatic heterocycles. The Kier molecular flexibility index (Phi) is 4.02. The van der Waals surface area contributed by atoms with Gasteiger partial charge in [0.15, 0.2) is 0 Å². The second-order valence-corrected chi connectivity index (χ2v) is 5.41. The molecule has 3 nitrogen and oxygen atoms in total. The van der Waals surface area contributed by atoms with E-state index in [2.05, 4.69) is 30.4 Å². The summed E-state index contributed by atoms with van der Waals surface area (Å²) < 4.78 is 0. The molecular formula is C15H22N2O. The molecule has 1 aromatic rings. The summed E-state index contributed by atoms with van der Waals surface area (Å²) in [5.74, 6) is 0.641. The van der Waals surface area contributed by atoms with Crippen LogP contribution in [0.5, 0.6) is 0 Å². The highest BCUT2D eigenvalue weighted by Crippen LogP contribution is 2.36. The summed E-state index contributed by atoms with van der Waals surface area (Å²) >= 11 is 0. The van der Waals surface area contributed by atoms with Crippen LogP contribution in [0.25, 0.3) is 0 Å². The molecule has 0 saturated carbocycles. The number of hydrogen-bond donors (Lipinski definition) is 2. The number of carbonyl (C=O) groups excluding carboxylic acids is 1. The number of nitrogens with two attached hydrogens (primary N) is 1. The van der Waals surface area contributed by atoms with Crippen LogP contribution in [-0.4, -0.2) is 11.9 Å². The fourth-order valence-corrected chi connectivity index (χ4v) is 2.70. The molecule has 0 saturated heterocycles. The standard InChI is InChI=1S/C15H22N2O/c1-10-7-8-14(17-15(18)9-11(2)16)13-6-4-3-5-12(10)13/h3-6,10-11,14H,7-9,16H2,1-2H3,(H,17,18). The molecule has 0 spiro atoms. The van der Waals surface area contributed by atoms with E-state index in [4.69, 9.17) is 5.73 Å². The van der Waals surface area contributed by atoms with E-state index in [1.54, 1.807) is 0 Å². The van der Waals surface area contributed by atoms with Gasteiger partial charge in [0.25, 0.3) is 0 Å². The van der Waals surface area contributed by atoms with Gasteiger partial charge in [0.1, 0.15) is 0 Å². The van der Waals surface area contributed by atoms with Crippen molar-refractivity contribution in [3.63, 3.8) is 0 Å². The highest BCUT2D eigenvalue weighted by molar-refractivity contribution is 5.77. The summed E-state index contributed by atoms with van der Waals surface area (Å²) in [6.45, 7) is 4.11. The van der Waals surface area contributed by atoms with Crippen LogP contribution in [0.15, 0.2) is 24.3 Å². The topological polar surface area (TPSA) is 55.1 Å². The largest absolute Gasteiger partial charge is 0.349 e. The van der Waals surface area contributed by atoms with Crippen LogP contribution >= 0.6 is 0 Å². The van der Waals surface area contributed by atoms with E-state index in [1.165, 1.54) is 11.1 Å². The van der Waals surface area contributed by atoms with Crippen molar-refractivity contribution in [3.05, 3.63) is 35.4 Å². The summed E-state index contributed by atoms with van der Waals surface area (Å²) in [7, 11) is 0. The number of nitrogens with one attached hydrogen (secondary N) is 1. The van der Waals surface area contributed by atoms with E-state index in [0.29, 0.717) is 12.3 Å². The molecule has 1 aromatic carbocycles. The smallest absolute Gasteiger partial charge is 0.222 e. The molecule has 1 amide bonds. The SMILES string of the molecule is CC(N)CC(=O)NC1CCC(C)c2ccccc21. The van der Waals surface area contributed by atoms with E-state index in [0.717, 1.165) is 12.8 Å². The normalized spacial score (nSPS) is 24.2. The van der Waals surface area contributed by atoms with Gasteiger partial charge in [0, 0.05) is 12.5 Å². The van der Waals surface area contributed by atoms with Gasteiger partial charge in [0.2, 0.25) is 5.91 Å². The zero-order valence-corrected chi connectivity index (χ0v) is 11.1. The van der Waals surface area contributed by atoms with Crippen molar-refractivity contribution in [1.82, 2.24) is 5.32 Å². The molecule has 1 aliphatic carbocycles. The second kappa shape index (κ2) is 5.53. The average Bonchev–Trinajstić information content (AvgIpc) is 2.32. The van der Waals surface area contributed by atoms with Crippen molar-refractivity contribution < 1.29 is 4.79 Å². The van der Waals surface area contributed by atoms with Crippen molar-refractivity contribution in [3.8, 4) is 0 Å². The van der Waals surface area contributed by atoms with Crippen LogP contribution in [0.4, 0.5) is 0 Å². The quantitative estimate of drug-likeness (QED) is 0.861. The molecular weight excluding hydrogens is 224 g/mol. The van der Waals surface area contributed by atoms with Crippen LogP contribution in [0, 0.1) is 0 Å². The van der Waals surface area contributed by atoms with Gasteiger partial charge in [-0.05, 0) is 36.8 Å². The van der Waals surface area contributed by atoms with Crippen molar-refractivity contribution in [1.29, 1.82) is 0 Å². The third kappa shape index (κ3) is 2.91. The number of amides is 1. The zero-order valence-electron chi connectivity index (χ0n) is 11.1. The van der Waals surface area contributed by atoms with Crippen LogP contribution in [0.2, 0.25) is 0 Å². The highest BCUT2D eigenvalue weighted by Gasteiger charge is 2.25. The van der Waals surface area contributed by atoms with E-state index < -0.39 is 0 Å². The Morgan fingerprint density at radius 2 is 2.06 bits per heavy atom. The minimum atomic E-state index is -0.0808. The molecule has 2 rings (SSSR count). The van der Waals surface area contributed by atoms with Crippen molar-refractivity contribution >= 4 is 5.91 Å². The molecule has 3 unspecified atom stereocenters. The van der Waals surface area contributed by atoms with Gasteiger partial charge in [-0.2, -0.15) is 0 Å². The van der Waals surface area contributed by atoms with E-state index in [1.807, 2.05) is 13.0 Å². The lowest BCUT2D eigenvalue weighted by Gasteiger charge is -2.30. The maximum atomic E-state index is 11.8. The number of rotatable bonds is 3. The Bertz CT molecular complexity index is 428. The molecule has 3 N–H and O–H groups in total. The minimum absolute atomic E-state index is 0.0550. The molecule has 98 valence electrons. The van der Waals surface area contributed by atoms with Crippen molar-refractivity contribution in [2.45, 2.75) is 51.1 Å². The first-order valence-corrected chi connectivity index (χ1v) is 6.71.